The third-order valence-corrected chi connectivity index (χ3v) is 7.64. The van der Waals surface area contributed by atoms with Crippen LogP contribution in [0.25, 0.3) is 0 Å². The Morgan fingerprint density at radius 1 is 1.53 bits per heavy atom. The van der Waals surface area contributed by atoms with E-state index in [1.807, 2.05) is 0 Å². The number of primary sulfonamides is 1. The molecule has 0 saturated carbocycles. The molecule has 0 spiro atoms. The molecule has 2 rings (SSSR count). The Kier molecular flexibility index (Phi) is 3.45. The second-order valence-electron chi connectivity index (χ2n) is 4.21. The summed E-state index contributed by atoms with van der Waals surface area (Å²) >= 11 is 0.628. The lowest BCUT2D eigenvalue weighted by Crippen LogP contribution is -2.31. The Morgan fingerprint density at radius 3 is 2.68 bits per heavy atom. The molecule has 7 nitrogen and oxygen atoms in total. The fourth-order valence-electron chi connectivity index (χ4n) is 1.91. The van der Waals surface area contributed by atoms with Gasteiger partial charge in [-0.15, -0.1) is 11.3 Å². The number of carbonyl (C=O) groups excluding carboxylic acids is 1. The molecule has 0 saturated heterocycles. The monoisotopic (exact) mass is 324 g/mol. The third-order valence-electron chi connectivity index (χ3n) is 2.69. The van der Waals surface area contributed by atoms with Crippen molar-refractivity contribution in [2.75, 3.05) is 5.75 Å². The quantitative estimate of drug-likeness (QED) is 0.776. The van der Waals surface area contributed by atoms with Crippen LogP contribution in [0.4, 0.5) is 0 Å². The minimum atomic E-state index is -3.96. The summed E-state index contributed by atoms with van der Waals surface area (Å²) in [5, 5.41) is 7.61. The van der Waals surface area contributed by atoms with Gasteiger partial charge in [0.1, 0.15) is 8.42 Å². The van der Waals surface area contributed by atoms with Crippen LogP contribution in [0.1, 0.15) is 24.9 Å². The van der Waals surface area contributed by atoms with Crippen molar-refractivity contribution in [2.24, 2.45) is 5.14 Å². The molecule has 1 unspecified atom stereocenters. The fourth-order valence-corrected chi connectivity index (χ4v) is 6.08. The van der Waals surface area contributed by atoms with E-state index in [9.17, 15) is 21.6 Å². The van der Waals surface area contributed by atoms with Gasteiger partial charge in [-0.05, 0) is 12.5 Å². The van der Waals surface area contributed by atoms with Crippen LogP contribution in [0, 0.1) is 0 Å². The standard InChI is InChI=1S/C9H12N2O5S3/c1-5(12)11-7-2-3-18(13,14)9-6(7)4-8(17-9)19(10,15)16/h4,7H,2-3H2,1H3,(H,11,12)(H2,10,15,16). The summed E-state index contributed by atoms with van der Waals surface area (Å²) in [6.07, 6.45) is 0.218. The number of carbonyl (C=O) groups is 1. The van der Waals surface area contributed by atoms with E-state index >= 15 is 0 Å². The number of nitrogens with one attached hydrogen (secondary N) is 1. The van der Waals surface area contributed by atoms with Gasteiger partial charge in [-0.1, -0.05) is 0 Å². The predicted octanol–water partition coefficient (Wildman–Crippen LogP) is -0.250. The average Bonchev–Trinajstić information content (AvgIpc) is 2.67. The predicted molar refractivity (Wildman–Crippen MR) is 68.9 cm³/mol. The van der Waals surface area contributed by atoms with E-state index in [-0.39, 0.29) is 26.5 Å². The molecule has 0 aromatic carbocycles. The molecule has 19 heavy (non-hydrogen) atoms. The highest BCUT2D eigenvalue weighted by molar-refractivity contribution is 7.95. The number of amides is 1. The number of sulfone groups is 1. The molecule has 0 fully saturated rings. The summed E-state index contributed by atoms with van der Waals surface area (Å²) in [5.41, 5.74) is 0.301. The van der Waals surface area contributed by atoms with Crippen LogP contribution in [-0.4, -0.2) is 28.5 Å². The minimum Gasteiger partial charge on any atom is -0.349 e. The van der Waals surface area contributed by atoms with Crippen LogP contribution in [0.3, 0.4) is 0 Å². The van der Waals surface area contributed by atoms with Gasteiger partial charge in [-0.25, -0.2) is 22.0 Å². The van der Waals surface area contributed by atoms with Gasteiger partial charge in [0.2, 0.25) is 15.9 Å². The van der Waals surface area contributed by atoms with Gasteiger partial charge in [0.15, 0.2) is 9.84 Å². The third kappa shape index (κ3) is 2.81. The van der Waals surface area contributed by atoms with Gasteiger partial charge >= 0.3 is 0 Å². The van der Waals surface area contributed by atoms with Crippen molar-refractivity contribution in [3.8, 4) is 0 Å². The smallest absolute Gasteiger partial charge is 0.247 e. The van der Waals surface area contributed by atoms with Crippen LogP contribution < -0.4 is 10.5 Å². The maximum absolute atomic E-state index is 11.9. The highest BCUT2D eigenvalue weighted by atomic mass is 32.3. The molecule has 10 heteroatoms. The lowest BCUT2D eigenvalue weighted by molar-refractivity contribution is -0.119. The zero-order valence-corrected chi connectivity index (χ0v) is 12.4. The molecular formula is C9H12N2O5S3. The molecule has 106 valence electrons. The zero-order chi connectivity index (χ0) is 14.4. The van der Waals surface area contributed by atoms with E-state index in [0.717, 1.165) is 0 Å². The van der Waals surface area contributed by atoms with Crippen molar-refractivity contribution in [3.63, 3.8) is 0 Å². The summed E-state index contributed by atoms with van der Waals surface area (Å²) in [7, 11) is -7.46. The Balaban J connectivity index is 2.59. The van der Waals surface area contributed by atoms with Crippen LogP contribution in [0.5, 0.6) is 0 Å². The normalized spacial score (nSPS) is 21.7. The van der Waals surface area contributed by atoms with Crippen LogP contribution in [-0.2, 0) is 24.7 Å². The summed E-state index contributed by atoms with van der Waals surface area (Å²) in [6.45, 7) is 1.32. The second kappa shape index (κ2) is 4.54. The lowest BCUT2D eigenvalue weighted by Gasteiger charge is -2.22. The molecule has 1 aromatic rings. The van der Waals surface area contributed by atoms with Gasteiger partial charge in [0, 0.05) is 12.5 Å². The lowest BCUT2D eigenvalue weighted by atomic mass is 10.1. The molecule has 0 radical (unpaired) electrons. The highest BCUT2D eigenvalue weighted by Gasteiger charge is 2.34. The zero-order valence-electron chi connectivity index (χ0n) is 9.91. The van der Waals surface area contributed by atoms with Crippen molar-refractivity contribution in [2.45, 2.75) is 27.8 Å². The number of rotatable bonds is 2. The summed E-state index contributed by atoms with van der Waals surface area (Å²) in [4.78, 5) is 11.1. The minimum absolute atomic E-state index is 0.0264. The SMILES string of the molecule is CC(=O)NC1CCS(=O)(=O)c2sc(S(N)(=O)=O)cc21. The first-order valence-corrected chi connectivity index (χ1v) is 9.29. The van der Waals surface area contributed by atoms with Crippen molar-refractivity contribution in [1.29, 1.82) is 0 Å². The molecule has 0 aliphatic carbocycles. The van der Waals surface area contributed by atoms with Crippen molar-refractivity contribution in [3.05, 3.63) is 11.6 Å². The van der Waals surface area contributed by atoms with E-state index in [1.165, 1.54) is 13.0 Å². The van der Waals surface area contributed by atoms with E-state index in [0.29, 0.717) is 16.9 Å². The summed E-state index contributed by atoms with van der Waals surface area (Å²) in [6, 6.07) is 0.731. The molecule has 3 N–H and O–H groups in total. The largest absolute Gasteiger partial charge is 0.349 e. The van der Waals surface area contributed by atoms with E-state index in [2.05, 4.69) is 5.32 Å². The van der Waals surface area contributed by atoms with Gasteiger partial charge in [0.05, 0.1) is 11.8 Å². The first-order chi connectivity index (χ1) is 8.61. The maximum Gasteiger partial charge on any atom is 0.247 e. The topological polar surface area (TPSA) is 123 Å². The molecule has 1 aliphatic rings. The molecule has 1 amide bonds. The number of sulfonamides is 1. The van der Waals surface area contributed by atoms with E-state index in [4.69, 9.17) is 5.14 Å². The Hall–Kier alpha value is -0.970. The molecule has 1 atom stereocenters. The van der Waals surface area contributed by atoms with Gasteiger partial charge in [-0.3, -0.25) is 4.79 Å². The number of fused-ring (bicyclic) bond motifs is 1. The van der Waals surface area contributed by atoms with Crippen molar-refractivity contribution < 1.29 is 21.6 Å². The number of thiophene rings is 1. The second-order valence-corrected chi connectivity index (χ2v) is 9.36. The number of nitrogens with two attached hydrogens (primary N) is 1. The first-order valence-electron chi connectivity index (χ1n) is 5.27. The van der Waals surface area contributed by atoms with Crippen molar-refractivity contribution >= 4 is 37.1 Å². The first kappa shape index (κ1) is 14.4. The highest BCUT2D eigenvalue weighted by Crippen LogP contribution is 2.39. The number of hydrogen-bond acceptors (Lipinski definition) is 6. The van der Waals surface area contributed by atoms with E-state index in [1.54, 1.807) is 0 Å². The Bertz CT molecular complexity index is 732. The van der Waals surface area contributed by atoms with Gasteiger partial charge < -0.3 is 5.32 Å². The molecule has 0 bridgehead atoms. The summed E-state index contributed by atoms with van der Waals surface area (Å²) in [5.74, 6) is -0.436. The van der Waals surface area contributed by atoms with E-state index < -0.39 is 25.9 Å². The summed E-state index contributed by atoms with van der Waals surface area (Å²) < 4.78 is 46.2. The van der Waals surface area contributed by atoms with Gasteiger partial charge in [-0.2, -0.15) is 0 Å². The number of hydrogen-bond donors (Lipinski definition) is 2. The maximum atomic E-state index is 11.9. The molecule has 2 heterocycles. The fraction of sp³-hybridized carbons (Fsp3) is 0.444. The van der Waals surface area contributed by atoms with Crippen molar-refractivity contribution in [1.82, 2.24) is 5.32 Å². The van der Waals surface area contributed by atoms with Crippen LogP contribution in [0.15, 0.2) is 14.5 Å². The van der Waals surface area contributed by atoms with Crippen LogP contribution in [0.2, 0.25) is 0 Å². The van der Waals surface area contributed by atoms with Crippen LogP contribution >= 0.6 is 11.3 Å². The Labute approximate surface area is 114 Å². The molecular weight excluding hydrogens is 312 g/mol. The molecule has 1 aliphatic heterocycles. The van der Waals surface area contributed by atoms with Gasteiger partial charge in [0.25, 0.3) is 0 Å². The Morgan fingerprint density at radius 2 is 2.16 bits per heavy atom. The molecule has 1 aromatic heterocycles. The average molecular weight is 324 g/mol.